The van der Waals surface area contributed by atoms with Crippen molar-refractivity contribution in [3.8, 4) is 0 Å². The van der Waals surface area contributed by atoms with E-state index in [2.05, 4.69) is 0 Å². The molecule has 0 saturated heterocycles. The zero-order valence-corrected chi connectivity index (χ0v) is 6.12. The molecule has 0 saturated carbocycles. The molecular formula is C10H16O. The van der Waals surface area contributed by atoms with E-state index < -0.39 is 0 Å². The fraction of sp³-hybridized carbons (Fsp3) is 0.400. The quantitative estimate of drug-likeness (QED) is 0.689. The number of benzene rings is 1. The highest BCUT2D eigenvalue weighted by Crippen LogP contribution is 2.01. The minimum atomic E-state index is -0.234. The molecule has 0 aromatic heterocycles. The van der Waals surface area contributed by atoms with Crippen LogP contribution < -0.4 is 0 Å². The summed E-state index contributed by atoms with van der Waals surface area (Å²) in [6.45, 7) is 1.80. The standard InChI is InChI=1S/C9H12O.CH4/c1-8(10)7-9-5-3-2-4-6-9;/h2-6,8,10H,7H2,1H3;1H4/t8-;/m1./s1. The van der Waals surface area contributed by atoms with Gasteiger partial charge in [-0.25, -0.2) is 0 Å². The van der Waals surface area contributed by atoms with Crippen molar-refractivity contribution < 1.29 is 5.11 Å². The average molecular weight is 152 g/mol. The second-order valence-electron chi connectivity index (χ2n) is 2.54. The van der Waals surface area contributed by atoms with Gasteiger partial charge >= 0.3 is 0 Å². The third-order valence-electron chi connectivity index (χ3n) is 1.37. The van der Waals surface area contributed by atoms with Gasteiger partial charge < -0.3 is 5.11 Å². The molecule has 0 amide bonds. The molecule has 0 heterocycles. The highest BCUT2D eigenvalue weighted by atomic mass is 16.3. The molecule has 62 valence electrons. The normalized spacial score (nSPS) is 11.8. The highest BCUT2D eigenvalue weighted by molar-refractivity contribution is 5.15. The summed E-state index contributed by atoms with van der Waals surface area (Å²) in [5.41, 5.74) is 1.19. The lowest BCUT2D eigenvalue weighted by atomic mass is 10.1. The van der Waals surface area contributed by atoms with Crippen LogP contribution in [0.3, 0.4) is 0 Å². The van der Waals surface area contributed by atoms with Crippen molar-refractivity contribution in [1.82, 2.24) is 0 Å². The van der Waals surface area contributed by atoms with Crippen LogP contribution in [0.5, 0.6) is 0 Å². The molecule has 1 rings (SSSR count). The van der Waals surface area contributed by atoms with Gasteiger partial charge in [0.05, 0.1) is 6.10 Å². The van der Waals surface area contributed by atoms with Gasteiger partial charge in [-0.1, -0.05) is 37.8 Å². The maximum atomic E-state index is 9.01. The van der Waals surface area contributed by atoms with Crippen LogP contribution >= 0.6 is 0 Å². The number of hydrogen-bond donors (Lipinski definition) is 1. The molecule has 1 N–H and O–H groups in total. The molecule has 0 spiro atoms. The molecule has 1 heteroatoms. The molecule has 1 nitrogen and oxygen atoms in total. The van der Waals surface area contributed by atoms with Gasteiger partial charge in [0.2, 0.25) is 0 Å². The Morgan fingerprint density at radius 3 is 2.27 bits per heavy atom. The summed E-state index contributed by atoms with van der Waals surface area (Å²) in [6, 6.07) is 9.99. The van der Waals surface area contributed by atoms with Crippen molar-refractivity contribution in [1.29, 1.82) is 0 Å². The minimum absolute atomic E-state index is 0. The lowest BCUT2D eigenvalue weighted by Gasteiger charge is -2.01. The first kappa shape index (κ1) is 10.2. The van der Waals surface area contributed by atoms with Gasteiger partial charge in [-0.2, -0.15) is 0 Å². The lowest BCUT2D eigenvalue weighted by molar-refractivity contribution is 0.195. The topological polar surface area (TPSA) is 20.2 Å². The Morgan fingerprint density at radius 1 is 1.27 bits per heavy atom. The Morgan fingerprint density at radius 2 is 1.82 bits per heavy atom. The second kappa shape index (κ2) is 4.91. The van der Waals surface area contributed by atoms with Gasteiger partial charge in [0.1, 0.15) is 0 Å². The Balaban J connectivity index is 0.000001000. The number of hydrogen-bond acceptors (Lipinski definition) is 1. The van der Waals surface area contributed by atoms with Crippen molar-refractivity contribution in [2.75, 3.05) is 0 Å². The Hall–Kier alpha value is -0.820. The van der Waals surface area contributed by atoms with Crippen LogP contribution in [-0.2, 0) is 6.42 Å². The van der Waals surface area contributed by atoms with E-state index in [4.69, 9.17) is 5.11 Å². The largest absolute Gasteiger partial charge is 0.393 e. The molecular weight excluding hydrogens is 136 g/mol. The van der Waals surface area contributed by atoms with Crippen LogP contribution in [0.2, 0.25) is 0 Å². The average Bonchev–Trinajstić information content (AvgIpc) is 1.88. The third kappa shape index (κ3) is 3.79. The first-order chi connectivity index (χ1) is 4.79. The zero-order valence-electron chi connectivity index (χ0n) is 6.12. The summed E-state index contributed by atoms with van der Waals surface area (Å²) in [6.07, 6.45) is 0.517. The van der Waals surface area contributed by atoms with Gasteiger partial charge in [-0.15, -0.1) is 0 Å². The molecule has 0 aliphatic carbocycles. The Labute approximate surface area is 68.7 Å². The van der Waals surface area contributed by atoms with Crippen molar-refractivity contribution in [2.24, 2.45) is 0 Å². The number of aliphatic hydroxyl groups excluding tert-OH is 1. The second-order valence-corrected chi connectivity index (χ2v) is 2.54. The molecule has 0 bridgehead atoms. The van der Waals surface area contributed by atoms with Crippen LogP contribution in [0.4, 0.5) is 0 Å². The van der Waals surface area contributed by atoms with E-state index in [-0.39, 0.29) is 13.5 Å². The van der Waals surface area contributed by atoms with Crippen LogP contribution in [-0.4, -0.2) is 11.2 Å². The van der Waals surface area contributed by atoms with Gasteiger partial charge in [0.25, 0.3) is 0 Å². The summed E-state index contributed by atoms with van der Waals surface area (Å²) in [7, 11) is 0. The predicted octanol–water partition coefficient (Wildman–Crippen LogP) is 2.25. The molecule has 0 unspecified atom stereocenters. The SMILES string of the molecule is C.C[C@@H](O)Cc1ccccc1. The molecule has 0 aliphatic heterocycles. The molecule has 0 aliphatic rings. The molecule has 1 aromatic carbocycles. The first-order valence-corrected chi connectivity index (χ1v) is 3.51. The Kier molecular flexibility index (Phi) is 4.55. The molecule has 0 radical (unpaired) electrons. The number of aliphatic hydroxyl groups is 1. The van der Waals surface area contributed by atoms with Gasteiger partial charge in [0, 0.05) is 0 Å². The minimum Gasteiger partial charge on any atom is -0.393 e. The highest BCUT2D eigenvalue weighted by Gasteiger charge is 1.95. The summed E-state index contributed by atoms with van der Waals surface area (Å²) < 4.78 is 0. The van der Waals surface area contributed by atoms with Crippen LogP contribution in [0.15, 0.2) is 30.3 Å². The van der Waals surface area contributed by atoms with Crippen LogP contribution in [0.25, 0.3) is 0 Å². The Bertz CT molecular complexity index is 179. The maximum Gasteiger partial charge on any atom is 0.0552 e. The maximum absolute atomic E-state index is 9.01. The van der Waals surface area contributed by atoms with E-state index in [1.165, 1.54) is 5.56 Å². The smallest absolute Gasteiger partial charge is 0.0552 e. The molecule has 1 atom stereocenters. The molecule has 0 fully saturated rings. The fourth-order valence-electron chi connectivity index (χ4n) is 0.955. The molecule has 1 aromatic rings. The van der Waals surface area contributed by atoms with Gasteiger partial charge in [0.15, 0.2) is 0 Å². The predicted molar refractivity (Wildman–Crippen MR) is 48.6 cm³/mol. The van der Waals surface area contributed by atoms with Crippen molar-refractivity contribution in [3.63, 3.8) is 0 Å². The zero-order chi connectivity index (χ0) is 7.40. The van der Waals surface area contributed by atoms with Crippen LogP contribution in [0, 0.1) is 0 Å². The van der Waals surface area contributed by atoms with E-state index >= 15 is 0 Å². The number of rotatable bonds is 2. The van der Waals surface area contributed by atoms with Gasteiger partial charge in [-0.05, 0) is 18.9 Å². The van der Waals surface area contributed by atoms with Crippen molar-refractivity contribution in [2.45, 2.75) is 26.9 Å². The third-order valence-corrected chi connectivity index (χ3v) is 1.37. The first-order valence-electron chi connectivity index (χ1n) is 3.51. The summed E-state index contributed by atoms with van der Waals surface area (Å²) >= 11 is 0. The summed E-state index contributed by atoms with van der Waals surface area (Å²) in [5.74, 6) is 0. The van der Waals surface area contributed by atoms with Crippen molar-refractivity contribution in [3.05, 3.63) is 35.9 Å². The fourth-order valence-corrected chi connectivity index (χ4v) is 0.955. The van der Waals surface area contributed by atoms with E-state index in [1.807, 2.05) is 30.3 Å². The van der Waals surface area contributed by atoms with E-state index in [9.17, 15) is 0 Å². The summed E-state index contributed by atoms with van der Waals surface area (Å²) in [5, 5.41) is 9.01. The van der Waals surface area contributed by atoms with Crippen LogP contribution in [0.1, 0.15) is 19.9 Å². The lowest BCUT2D eigenvalue weighted by Crippen LogP contribution is -2.03. The van der Waals surface area contributed by atoms with E-state index in [1.54, 1.807) is 6.92 Å². The van der Waals surface area contributed by atoms with E-state index in [0.29, 0.717) is 0 Å². The van der Waals surface area contributed by atoms with Gasteiger partial charge in [-0.3, -0.25) is 0 Å². The monoisotopic (exact) mass is 152 g/mol. The summed E-state index contributed by atoms with van der Waals surface area (Å²) in [4.78, 5) is 0. The van der Waals surface area contributed by atoms with E-state index in [0.717, 1.165) is 6.42 Å². The van der Waals surface area contributed by atoms with Crippen molar-refractivity contribution >= 4 is 0 Å². The molecule has 11 heavy (non-hydrogen) atoms.